The van der Waals surface area contributed by atoms with E-state index < -0.39 is 29.6 Å². The number of hydrogen-bond acceptors (Lipinski definition) is 5. The molecule has 1 fully saturated rings. The molecule has 8 heteroatoms. The van der Waals surface area contributed by atoms with E-state index in [2.05, 4.69) is 24.0 Å². The molecule has 0 spiro atoms. The Kier molecular flexibility index (Phi) is 10.3. The van der Waals surface area contributed by atoms with Crippen LogP contribution in [0.4, 0.5) is 0 Å². The van der Waals surface area contributed by atoms with Crippen molar-refractivity contribution < 1.29 is 23.9 Å². The zero-order valence-electron chi connectivity index (χ0n) is 21.9. The van der Waals surface area contributed by atoms with Crippen LogP contribution in [0.5, 0.6) is 0 Å². The molecule has 1 heterocycles. The molecule has 0 aliphatic carbocycles. The Morgan fingerprint density at radius 2 is 1.83 bits per heavy atom. The highest BCUT2D eigenvalue weighted by atomic mass is 16.6. The van der Waals surface area contributed by atoms with Crippen molar-refractivity contribution >= 4 is 23.9 Å². The van der Waals surface area contributed by atoms with E-state index in [4.69, 9.17) is 10.3 Å². The molecule has 1 aliphatic heterocycles. The Morgan fingerprint density at radius 1 is 1.20 bits per heavy atom. The Morgan fingerprint density at radius 3 is 2.34 bits per heavy atom. The van der Waals surface area contributed by atoms with Crippen LogP contribution in [0.1, 0.15) is 72.8 Å². The maximum atomic E-state index is 13.4. The quantitative estimate of drug-likeness (QED) is 0.222. The molecule has 35 heavy (non-hydrogen) atoms. The predicted molar refractivity (Wildman–Crippen MR) is 134 cm³/mol. The molecule has 1 amide bonds. The first-order valence-corrected chi connectivity index (χ1v) is 12.5. The summed E-state index contributed by atoms with van der Waals surface area (Å²) in [6.45, 7) is 11.5. The van der Waals surface area contributed by atoms with Gasteiger partial charge >= 0.3 is 12.2 Å². The maximum absolute atomic E-state index is 13.4. The molecule has 1 N–H and O–H groups in total. The molecule has 4 atom stereocenters. The molecule has 0 aromatic heterocycles. The Bertz CT molecular complexity index is 917. The summed E-state index contributed by atoms with van der Waals surface area (Å²) < 4.78 is 5.75. The molecular formula is C27H40N4O4. The number of ketones is 1. The summed E-state index contributed by atoms with van der Waals surface area (Å²) in [5.74, 6) is -1.27. The molecule has 0 bridgehead atoms. The zero-order chi connectivity index (χ0) is 26.2. The summed E-state index contributed by atoms with van der Waals surface area (Å²) in [6.07, 6.45) is 3.66. The van der Waals surface area contributed by atoms with E-state index in [-0.39, 0.29) is 24.2 Å². The van der Waals surface area contributed by atoms with Gasteiger partial charge in [-0.3, -0.25) is 19.3 Å². The number of Topliss-reactive ketones (excluding diaryl/α,β-unsaturated/α-hetero) is 1. The monoisotopic (exact) mass is 484 g/mol. The van der Waals surface area contributed by atoms with Gasteiger partial charge in [0.05, 0.1) is 0 Å². The van der Waals surface area contributed by atoms with Gasteiger partial charge in [0.15, 0.2) is 0 Å². The molecular weight excluding hydrogens is 444 g/mol. The standard InChI is InChI=1S/C27H40N4O4/c1-7-19(8-2)14-22(30-18(3)32)25-21(24(33)16-29-28)15-23(26(34)35-27(4,5)6)31(25)17-20-12-10-9-11-13-20/h9-13,16,19,21-23,25H,7-8,14-15,17H2,1-6H3,(H,30,32)/t21-,22-,23?,25+/m0/s1. The number of rotatable bonds is 11. The van der Waals surface area contributed by atoms with Gasteiger partial charge in [-0.2, -0.15) is 4.79 Å². The highest BCUT2D eigenvalue weighted by Gasteiger charge is 2.52. The van der Waals surface area contributed by atoms with Crippen molar-refractivity contribution in [3.05, 3.63) is 41.4 Å². The van der Waals surface area contributed by atoms with E-state index in [1.807, 2.05) is 56.0 Å². The Hall–Kier alpha value is -2.83. The van der Waals surface area contributed by atoms with Gasteiger partial charge in [0, 0.05) is 31.5 Å². The second-order valence-electron chi connectivity index (χ2n) is 10.4. The number of likely N-dealkylation sites (tertiary alicyclic amines) is 1. The summed E-state index contributed by atoms with van der Waals surface area (Å²) in [7, 11) is 0. The van der Waals surface area contributed by atoms with Crippen LogP contribution in [0.2, 0.25) is 0 Å². The summed E-state index contributed by atoms with van der Waals surface area (Å²) in [5.41, 5.74) is 9.39. The number of nitrogens with one attached hydrogen (secondary N) is 1. The van der Waals surface area contributed by atoms with Crippen molar-refractivity contribution in [2.24, 2.45) is 11.8 Å². The van der Waals surface area contributed by atoms with Crippen LogP contribution in [0.3, 0.4) is 0 Å². The van der Waals surface area contributed by atoms with E-state index in [1.165, 1.54) is 6.92 Å². The van der Waals surface area contributed by atoms with Crippen LogP contribution in [0.25, 0.3) is 5.53 Å². The lowest BCUT2D eigenvalue weighted by atomic mass is 9.84. The molecule has 2 rings (SSSR count). The lowest BCUT2D eigenvalue weighted by Crippen LogP contribution is -2.55. The van der Waals surface area contributed by atoms with Crippen molar-refractivity contribution in [3.63, 3.8) is 0 Å². The van der Waals surface area contributed by atoms with Crippen molar-refractivity contribution in [2.75, 3.05) is 0 Å². The zero-order valence-corrected chi connectivity index (χ0v) is 21.9. The molecule has 8 nitrogen and oxygen atoms in total. The van der Waals surface area contributed by atoms with Gasteiger partial charge < -0.3 is 15.6 Å². The number of amides is 1. The first kappa shape index (κ1) is 28.4. The first-order chi connectivity index (χ1) is 16.5. The third-order valence-electron chi connectivity index (χ3n) is 6.65. The molecule has 0 radical (unpaired) electrons. The van der Waals surface area contributed by atoms with Crippen molar-refractivity contribution in [2.45, 2.75) is 97.5 Å². The van der Waals surface area contributed by atoms with Gasteiger partial charge in [0.1, 0.15) is 11.6 Å². The Labute approximate surface area is 209 Å². The topological polar surface area (TPSA) is 112 Å². The van der Waals surface area contributed by atoms with Gasteiger partial charge in [-0.05, 0) is 45.1 Å². The highest BCUT2D eigenvalue weighted by molar-refractivity contribution is 6.26. The van der Waals surface area contributed by atoms with Gasteiger partial charge in [0.2, 0.25) is 11.7 Å². The minimum absolute atomic E-state index is 0.191. The van der Waals surface area contributed by atoms with Crippen molar-refractivity contribution in [3.8, 4) is 0 Å². The molecule has 192 valence electrons. The molecule has 1 unspecified atom stereocenters. The van der Waals surface area contributed by atoms with Crippen LogP contribution in [0, 0.1) is 11.8 Å². The molecule has 1 aromatic rings. The van der Waals surface area contributed by atoms with E-state index in [0.717, 1.165) is 24.6 Å². The number of hydrogen-bond donors (Lipinski definition) is 1. The van der Waals surface area contributed by atoms with Crippen LogP contribution in [-0.4, -0.2) is 57.3 Å². The minimum Gasteiger partial charge on any atom is -0.459 e. The molecule has 1 saturated heterocycles. The summed E-state index contributed by atoms with van der Waals surface area (Å²) in [4.78, 5) is 43.7. The van der Waals surface area contributed by atoms with Crippen molar-refractivity contribution in [1.82, 2.24) is 10.2 Å². The highest BCUT2D eigenvalue weighted by Crippen LogP contribution is 2.37. The molecule has 1 aromatic carbocycles. The fourth-order valence-corrected chi connectivity index (χ4v) is 5.04. The lowest BCUT2D eigenvalue weighted by molar-refractivity contribution is -0.161. The number of esters is 1. The van der Waals surface area contributed by atoms with Crippen molar-refractivity contribution in [1.29, 1.82) is 0 Å². The van der Waals surface area contributed by atoms with Crippen LogP contribution in [0.15, 0.2) is 30.3 Å². The summed E-state index contributed by atoms with van der Waals surface area (Å²) in [5, 5.41) is 3.08. The second-order valence-corrected chi connectivity index (χ2v) is 10.4. The van der Waals surface area contributed by atoms with Gasteiger partial charge in [-0.15, -0.1) is 0 Å². The van der Waals surface area contributed by atoms with E-state index >= 15 is 0 Å². The fraction of sp³-hybridized carbons (Fsp3) is 0.630. The van der Waals surface area contributed by atoms with Crippen LogP contribution in [-0.2, 0) is 25.7 Å². The lowest BCUT2D eigenvalue weighted by Gasteiger charge is -2.38. The number of benzene rings is 1. The normalized spacial score (nSPS) is 21.3. The maximum Gasteiger partial charge on any atom is 0.323 e. The molecule has 1 aliphatic rings. The summed E-state index contributed by atoms with van der Waals surface area (Å²) >= 11 is 0. The van der Waals surface area contributed by atoms with E-state index in [0.29, 0.717) is 18.9 Å². The number of nitrogens with zero attached hydrogens (tertiary/aromatic N) is 3. The van der Waals surface area contributed by atoms with E-state index in [9.17, 15) is 14.4 Å². The fourth-order valence-electron chi connectivity index (χ4n) is 5.04. The average molecular weight is 485 g/mol. The van der Waals surface area contributed by atoms with E-state index in [1.54, 1.807) is 0 Å². The van der Waals surface area contributed by atoms with Gasteiger partial charge in [-0.1, -0.05) is 57.0 Å². The minimum atomic E-state index is -0.688. The number of ether oxygens (including phenoxy) is 1. The predicted octanol–water partition coefficient (Wildman–Crippen LogP) is 3.79. The SMILES string of the molecule is CCC(CC)C[C@H](NC(C)=O)[C@H]1[C@H](C(=O)C=[N+]=[N-])CC(C(=O)OC(C)(C)C)N1Cc1ccccc1. The average Bonchev–Trinajstić information content (AvgIpc) is 3.15. The Balaban J connectivity index is 2.60. The second kappa shape index (κ2) is 12.8. The van der Waals surface area contributed by atoms with Crippen LogP contribution >= 0.6 is 0 Å². The molecule has 0 saturated carbocycles. The number of carbonyl (C=O) groups excluding carboxylic acids is 3. The largest absolute Gasteiger partial charge is 0.459 e. The van der Waals surface area contributed by atoms with Crippen LogP contribution < -0.4 is 5.32 Å². The number of carbonyl (C=O) groups is 3. The smallest absolute Gasteiger partial charge is 0.323 e. The van der Waals surface area contributed by atoms with Gasteiger partial charge in [-0.25, -0.2) is 0 Å². The summed E-state index contributed by atoms with van der Waals surface area (Å²) in [6, 6.07) is 8.21. The third-order valence-corrected chi connectivity index (χ3v) is 6.65. The van der Waals surface area contributed by atoms with Gasteiger partial charge in [0.25, 0.3) is 0 Å². The third kappa shape index (κ3) is 8.11. The first-order valence-electron chi connectivity index (χ1n) is 12.5.